The number of carboxylic acids is 2. The van der Waals surface area contributed by atoms with Gasteiger partial charge in [0.2, 0.25) is 6.79 Å². The number of hydrogen-bond donors (Lipinski definition) is 2. The number of carboxylic acid groups (broad SMARTS) is 2. The first-order chi connectivity index (χ1) is 13.0. The third kappa shape index (κ3) is 6.97. The highest BCUT2D eigenvalue weighted by Gasteiger charge is 2.21. The number of ether oxygens (including phenoxy) is 3. The van der Waals surface area contributed by atoms with Gasteiger partial charge in [-0.3, -0.25) is 0 Å². The van der Waals surface area contributed by atoms with Crippen molar-refractivity contribution in [2.45, 2.75) is 45.1 Å². The van der Waals surface area contributed by atoms with E-state index in [1.165, 1.54) is 25.8 Å². The molecule has 2 aliphatic rings. The molecule has 3 rings (SSSR count). The van der Waals surface area contributed by atoms with Gasteiger partial charge in [-0.2, -0.15) is 0 Å². The van der Waals surface area contributed by atoms with E-state index < -0.39 is 11.9 Å². The normalized spacial score (nSPS) is 16.3. The van der Waals surface area contributed by atoms with Crippen LogP contribution in [0.2, 0.25) is 0 Å². The van der Waals surface area contributed by atoms with Crippen LogP contribution >= 0.6 is 0 Å². The fourth-order valence-corrected chi connectivity index (χ4v) is 2.98. The molecule has 0 amide bonds. The van der Waals surface area contributed by atoms with E-state index in [-0.39, 0.29) is 0 Å². The fourth-order valence-electron chi connectivity index (χ4n) is 2.98. The molecule has 0 bridgehead atoms. The molecule has 0 unspecified atom stereocenters. The molecule has 27 heavy (non-hydrogen) atoms. The van der Waals surface area contributed by atoms with Crippen molar-refractivity contribution in [1.82, 2.24) is 4.90 Å². The fraction of sp³-hybridized carbons (Fsp3) is 0.579. The summed E-state index contributed by atoms with van der Waals surface area (Å²) in [5.74, 6) is -1.15. The molecule has 2 heterocycles. The molecule has 0 saturated carbocycles. The molecule has 1 saturated heterocycles. The second-order valence-electron chi connectivity index (χ2n) is 6.49. The third-order valence-corrected chi connectivity index (χ3v) is 4.44. The van der Waals surface area contributed by atoms with E-state index in [9.17, 15) is 0 Å². The topological polar surface area (TPSA) is 106 Å². The summed E-state index contributed by atoms with van der Waals surface area (Å²) < 4.78 is 16.8. The number of rotatable bonds is 6. The molecule has 0 radical (unpaired) electrons. The van der Waals surface area contributed by atoms with Crippen LogP contribution in [0.1, 0.15) is 39.0 Å². The Kier molecular flexibility index (Phi) is 8.19. The van der Waals surface area contributed by atoms with E-state index >= 15 is 0 Å². The van der Waals surface area contributed by atoms with Gasteiger partial charge < -0.3 is 29.3 Å². The summed E-state index contributed by atoms with van der Waals surface area (Å²) in [5, 5.41) is 14.8. The Hall–Kier alpha value is -2.48. The highest BCUT2D eigenvalue weighted by Crippen LogP contribution is 2.35. The molecule has 8 nitrogen and oxygen atoms in total. The summed E-state index contributed by atoms with van der Waals surface area (Å²) in [6.45, 7) is 6.11. The minimum atomic E-state index is -1.82. The SMILES string of the molecule is CCCCCN1CCC(Oc2ccc3c(c2)OCO3)CC1.O=C(O)C(=O)O. The van der Waals surface area contributed by atoms with Crippen LogP contribution in [0, 0.1) is 0 Å². The summed E-state index contributed by atoms with van der Waals surface area (Å²) in [7, 11) is 0. The van der Waals surface area contributed by atoms with Crippen LogP contribution in [0.25, 0.3) is 0 Å². The van der Waals surface area contributed by atoms with E-state index in [2.05, 4.69) is 11.8 Å². The van der Waals surface area contributed by atoms with Crippen molar-refractivity contribution < 1.29 is 34.0 Å². The maximum Gasteiger partial charge on any atom is 0.414 e. The standard InChI is InChI=1S/C17H25NO3.C2H2O4/c1-2-3-4-9-18-10-7-14(8-11-18)21-15-5-6-16-17(12-15)20-13-19-16;3-1(4)2(5)6/h5-6,12,14H,2-4,7-11,13H2,1H3;(H,3,4)(H,5,6). The lowest BCUT2D eigenvalue weighted by Crippen LogP contribution is -2.38. The van der Waals surface area contributed by atoms with Crippen molar-refractivity contribution in [3.63, 3.8) is 0 Å². The van der Waals surface area contributed by atoms with Crippen molar-refractivity contribution >= 4 is 11.9 Å². The number of unbranched alkanes of at least 4 members (excludes halogenated alkanes) is 2. The number of hydrogen-bond acceptors (Lipinski definition) is 6. The van der Waals surface area contributed by atoms with E-state index in [1.807, 2.05) is 18.2 Å². The van der Waals surface area contributed by atoms with Crippen LogP contribution in [-0.4, -0.2) is 59.6 Å². The van der Waals surface area contributed by atoms with Crippen molar-refractivity contribution in [3.8, 4) is 17.2 Å². The Bertz CT molecular complexity index is 614. The predicted molar refractivity (Wildman–Crippen MR) is 97.5 cm³/mol. The number of aliphatic carboxylic acids is 2. The van der Waals surface area contributed by atoms with Crippen molar-refractivity contribution in [2.75, 3.05) is 26.4 Å². The van der Waals surface area contributed by atoms with Gasteiger partial charge in [-0.25, -0.2) is 9.59 Å². The average Bonchev–Trinajstić information content (AvgIpc) is 3.11. The number of fused-ring (bicyclic) bond motifs is 1. The molecule has 0 aliphatic carbocycles. The Balaban J connectivity index is 0.000000380. The molecule has 150 valence electrons. The Morgan fingerprint density at radius 3 is 2.41 bits per heavy atom. The second-order valence-corrected chi connectivity index (χ2v) is 6.49. The zero-order valence-corrected chi connectivity index (χ0v) is 15.6. The van der Waals surface area contributed by atoms with Gasteiger partial charge in [0.05, 0.1) is 0 Å². The molecule has 1 aromatic rings. The number of piperidine rings is 1. The van der Waals surface area contributed by atoms with Gasteiger partial charge in [-0.1, -0.05) is 19.8 Å². The third-order valence-electron chi connectivity index (χ3n) is 4.44. The lowest BCUT2D eigenvalue weighted by atomic mass is 10.1. The summed E-state index contributed by atoms with van der Waals surface area (Å²) >= 11 is 0. The molecule has 0 atom stereocenters. The molecule has 8 heteroatoms. The number of nitrogens with zero attached hydrogens (tertiary/aromatic N) is 1. The molecule has 0 aromatic heterocycles. The van der Waals surface area contributed by atoms with Crippen LogP contribution in [0.15, 0.2) is 18.2 Å². The Morgan fingerprint density at radius 1 is 1.11 bits per heavy atom. The van der Waals surface area contributed by atoms with Gasteiger partial charge in [0.25, 0.3) is 0 Å². The Labute approximate surface area is 158 Å². The molecule has 1 fully saturated rings. The van der Waals surface area contributed by atoms with Crippen LogP contribution in [-0.2, 0) is 9.59 Å². The first kappa shape index (κ1) is 20.8. The van der Waals surface area contributed by atoms with Gasteiger partial charge in [0.15, 0.2) is 11.5 Å². The Morgan fingerprint density at radius 2 is 1.78 bits per heavy atom. The molecule has 1 aromatic carbocycles. The van der Waals surface area contributed by atoms with E-state index in [0.717, 1.165) is 43.2 Å². The molecule has 0 spiro atoms. The molecular formula is C19H27NO7. The largest absolute Gasteiger partial charge is 0.490 e. The van der Waals surface area contributed by atoms with Crippen LogP contribution in [0.5, 0.6) is 17.2 Å². The maximum absolute atomic E-state index is 9.10. The number of carbonyl (C=O) groups is 2. The minimum Gasteiger partial charge on any atom is -0.490 e. The first-order valence-electron chi connectivity index (χ1n) is 9.24. The van der Waals surface area contributed by atoms with Gasteiger partial charge in [0.1, 0.15) is 11.9 Å². The van der Waals surface area contributed by atoms with Gasteiger partial charge in [-0.15, -0.1) is 0 Å². The van der Waals surface area contributed by atoms with Crippen molar-refractivity contribution in [3.05, 3.63) is 18.2 Å². The van der Waals surface area contributed by atoms with E-state index in [0.29, 0.717) is 12.9 Å². The highest BCUT2D eigenvalue weighted by atomic mass is 16.7. The van der Waals surface area contributed by atoms with Gasteiger partial charge in [0, 0.05) is 19.2 Å². The van der Waals surface area contributed by atoms with Crippen molar-refractivity contribution in [2.24, 2.45) is 0 Å². The highest BCUT2D eigenvalue weighted by molar-refractivity contribution is 6.27. The van der Waals surface area contributed by atoms with Gasteiger partial charge in [-0.05, 0) is 37.9 Å². The monoisotopic (exact) mass is 381 g/mol. The maximum atomic E-state index is 9.10. The summed E-state index contributed by atoms with van der Waals surface area (Å²) in [4.78, 5) is 20.8. The summed E-state index contributed by atoms with van der Waals surface area (Å²) in [6, 6.07) is 5.84. The van der Waals surface area contributed by atoms with Crippen LogP contribution in [0.4, 0.5) is 0 Å². The first-order valence-corrected chi connectivity index (χ1v) is 9.24. The predicted octanol–water partition coefficient (Wildman–Crippen LogP) is 2.60. The average molecular weight is 381 g/mol. The lowest BCUT2D eigenvalue weighted by Gasteiger charge is -2.32. The quantitative estimate of drug-likeness (QED) is 0.572. The smallest absolute Gasteiger partial charge is 0.414 e. The zero-order valence-electron chi connectivity index (χ0n) is 15.6. The van der Waals surface area contributed by atoms with Gasteiger partial charge >= 0.3 is 11.9 Å². The second kappa shape index (κ2) is 10.6. The molecule has 2 N–H and O–H groups in total. The summed E-state index contributed by atoms with van der Waals surface area (Å²) in [5.41, 5.74) is 0. The minimum absolute atomic E-state index is 0.314. The van der Waals surface area contributed by atoms with Crippen molar-refractivity contribution in [1.29, 1.82) is 0 Å². The summed E-state index contributed by atoms with van der Waals surface area (Å²) in [6.07, 6.45) is 6.51. The lowest BCUT2D eigenvalue weighted by molar-refractivity contribution is -0.159. The van der Waals surface area contributed by atoms with E-state index in [1.54, 1.807) is 0 Å². The van der Waals surface area contributed by atoms with Crippen LogP contribution in [0.3, 0.4) is 0 Å². The number of benzene rings is 1. The van der Waals surface area contributed by atoms with E-state index in [4.69, 9.17) is 34.0 Å². The van der Waals surface area contributed by atoms with Crippen LogP contribution < -0.4 is 14.2 Å². The molecular weight excluding hydrogens is 354 g/mol. The molecule has 2 aliphatic heterocycles. The zero-order chi connectivity index (χ0) is 19.6. The number of likely N-dealkylation sites (tertiary alicyclic amines) is 1.